The lowest BCUT2D eigenvalue weighted by Gasteiger charge is -2.30. The quantitative estimate of drug-likeness (QED) is 0.806. The van der Waals surface area contributed by atoms with Crippen LogP contribution in [0.5, 0.6) is 0 Å². The minimum atomic E-state index is -1.03. The molecule has 1 heterocycles. The maximum atomic E-state index is 14.3. The number of aliphatic carboxylic acids is 1. The van der Waals surface area contributed by atoms with Gasteiger partial charge in [0.2, 0.25) is 5.91 Å². The largest absolute Gasteiger partial charge is 0.480 e. The topological polar surface area (TPSA) is 69.6 Å². The minimum absolute atomic E-state index is 0.0413. The van der Waals surface area contributed by atoms with Crippen LogP contribution in [-0.4, -0.2) is 41.0 Å². The van der Waals surface area contributed by atoms with Crippen LogP contribution < -0.4 is 5.32 Å². The van der Waals surface area contributed by atoms with Crippen LogP contribution >= 0.6 is 11.6 Å². The molecule has 0 saturated carbocycles. The molecule has 1 aliphatic heterocycles. The highest BCUT2D eigenvalue weighted by molar-refractivity contribution is 6.30. The fraction of sp³-hybridized carbons (Fsp3) is 0.556. The van der Waals surface area contributed by atoms with Gasteiger partial charge in [-0.1, -0.05) is 31.5 Å². The molecule has 1 amide bonds. The third-order valence-corrected chi connectivity index (χ3v) is 4.69. The zero-order valence-electron chi connectivity index (χ0n) is 14.5. The summed E-state index contributed by atoms with van der Waals surface area (Å²) < 4.78 is 14.3. The SMILES string of the molecule is CC(C)C(NC1CCCCN(CC(=O)O)C1=O)c1ccc(Cl)cc1F. The van der Waals surface area contributed by atoms with Crippen LogP contribution in [0.3, 0.4) is 0 Å². The molecule has 2 rings (SSSR count). The van der Waals surface area contributed by atoms with Crippen molar-refractivity contribution in [2.75, 3.05) is 13.1 Å². The molecule has 2 N–H and O–H groups in total. The van der Waals surface area contributed by atoms with E-state index in [1.54, 1.807) is 12.1 Å². The highest BCUT2D eigenvalue weighted by Crippen LogP contribution is 2.28. The zero-order valence-corrected chi connectivity index (χ0v) is 15.2. The molecule has 0 radical (unpaired) electrons. The van der Waals surface area contributed by atoms with Gasteiger partial charge >= 0.3 is 5.97 Å². The van der Waals surface area contributed by atoms with Gasteiger partial charge in [0, 0.05) is 23.2 Å². The molecule has 0 aromatic heterocycles. The number of carbonyl (C=O) groups excluding carboxylic acids is 1. The maximum absolute atomic E-state index is 14.3. The number of benzene rings is 1. The summed E-state index contributed by atoms with van der Waals surface area (Å²) in [7, 11) is 0. The van der Waals surface area contributed by atoms with E-state index in [0.717, 1.165) is 12.8 Å². The molecule has 0 spiro atoms. The predicted octanol–water partition coefficient (Wildman–Crippen LogP) is 3.23. The van der Waals surface area contributed by atoms with Gasteiger partial charge in [-0.15, -0.1) is 0 Å². The highest BCUT2D eigenvalue weighted by atomic mass is 35.5. The molecule has 1 saturated heterocycles. The van der Waals surface area contributed by atoms with E-state index in [2.05, 4.69) is 5.32 Å². The molecular formula is C18H24ClFN2O3. The van der Waals surface area contributed by atoms with Crippen LogP contribution in [0.4, 0.5) is 4.39 Å². The number of likely N-dealkylation sites (tertiary alicyclic amines) is 1. The molecule has 138 valence electrons. The number of halogens is 2. The Labute approximate surface area is 152 Å². The average molecular weight is 371 g/mol. The van der Waals surface area contributed by atoms with Gasteiger partial charge in [-0.2, -0.15) is 0 Å². The fourth-order valence-electron chi connectivity index (χ4n) is 3.19. The molecule has 1 aromatic carbocycles. The third-order valence-electron chi connectivity index (χ3n) is 4.45. The van der Waals surface area contributed by atoms with Gasteiger partial charge in [-0.25, -0.2) is 4.39 Å². The maximum Gasteiger partial charge on any atom is 0.323 e. The standard InChI is InChI=1S/C18H24ClFN2O3/c1-11(2)17(13-7-6-12(19)9-14(13)20)21-15-5-3-4-8-22(18(15)25)10-16(23)24/h6-7,9,11,15,17,21H,3-5,8,10H2,1-2H3,(H,23,24). The second-order valence-corrected chi connectivity index (χ2v) is 7.19. The summed E-state index contributed by atoms with van der Waals surface area (Å²) in [4.78, 5) is 25.0. The first-order valence-corrected chi connectivity index (χ1v) is 8.89. The Morgan fingerprint density at radius 1 is 1.44 bits per heavy atom. The molecule has 25 heavy (non-hydrogen) atoms. The Balaban J connectivity index is 2.22. The summed E-state index contributed by atoms with van der Waals surface area (Å²) in [6, 6.07) is 3.63. The molecule has 1 fully saturated rings. The van der Waals surface area contributed by atoms with Crippen molar-refractivity contribution in [1.82, 2.24) is 10.2 Å². The van der Waals surface area contributed by atoms with Gasteiger partial charge in [0.1, 0.15) is 12.4 Å². The fourth-order valence-corrected chi connectivity index (χ4v) is 3.35. The van der Waals surface area contributed by atoms with Crippen LogP contribution in [0, 0.1) is 11.7 Å². The number of carboxylic acids is 1. The molecule has 5 nitrogen and oxygen atoms in total. The highest BCUT2D eigenvalue weighted by Gasteiger charge is 2.31. The molecule has 7 heteroatoms. The lowest BCUT2D eigenvalue weighted by atomic mass is 9.94. The Morgan fingerprint density at radius 2 is 2.16 bits per heavy atom. The molecule has 1 aromatic rings. The number of carboxylic acid groups (broad SMARTS) is 1. The number of nitrogens with one attached hydrogen (secondary N) is 1. The van der Waals surface area contributed by atoms with Gasteiger partial charge in [0.05, 0.1) is 6.04 Å². The van der Waals surface area contributed by atoms with E-state index in [1.165, 1.54) is 11.0 Å². The second-order valence-electron chi connectivity index (χ2n) is 6.76. The summed E-state index contributed by atoms with van der Waals surface area (Å²) >= 11 is 5.83. The predicted molar refractivity (Wildman–Crippen MR) is 94.0 cm³/mol. The van der Waals surface area contributed by atoms with Crippen LogP contribution in [0.1, 0.15) is 44.7 Å². The first-order valence-electron chi connectivity index (χ1n) is 8.51. The number of hydrogen-bond acceptors (Lipinski definition) is 3. The first-order chi connectivity index (χ1) is 11.8. The number of carbonyl (C=O) groups is 2. The van der Waals surface area contributed by atoms with Crippen molar-refractivity contribution in [3.05, 3.63) is 34.6 Å². The number of rotatable bonds is 6. The third kappa shape index (κ3) is 5.16. The smallest absolute Gasteiger partial charge is 0.323 e. The van der Waals surface area contributed by atoms with E-state index in [9.17, 15) is 14.0 Å². The van der Waals surface area contributed by atoms with Crippen LogP contribution in [0.25, 0.3) is 0 Å². The normalized spacial score (nSPS) is 19.8. The molecule has 0 bridgehead atoms. The lowest BCUT2D eigenvalue weighted by Crippen LogP contribution is -2.48. The summed E-state index contributed by atoms with van der Waals surface area (Å²) in [5.41, 5.74) is 0.459. The number of amides is 1. The lowest BCUT2D eigenvalue weighted by molar-refractivity contribution is -0.145. The van der Waals surface area contributed by atoms with Crippen LogP contribution in [-0.2, 0) is 9.59 Å². The minimum Gasteiger partial charge on any atom is -0.480 e. The van der Waals surface area contributed by atoms with E-state index in [-0.39, 0.29) is 24.4 Å². The second kappa shape index (κ2) is 8.63. The van der Waals surface area contributed by atoms with Crippen molar-refractivity contribution in [1.29, 1.82) is 0 Å². The average Bonchev–Trinajstić information content (AvgIpc) is 2.68. The summed E-state index contributed by atoms with van der Waals surface area (Å²) in [5.74, 6) is -1.64. The van der Waals surface area contributed by atoms with Crippen molar-refractivity contribution in [2.45, 2.75) is 45.2 Å². The van der Waals surface area contributed by atoms with Crippen molar-refractivity contribution in [3.63, 3.8) is 0 Å². The van der Waals surface area contributed by atoms with Gasteiger partial charge in [0.15, 0.2) is 0 Å². The van der Waals surface area contributed by atoms with Crippen molar-refractivity contribution in [3.8, 4) is 0 Å². The van der Waals surface area contributed by atoms with E-state index >= 15 is 0 Å². The summed E-state index contributed by atoms with van der Waals surface area (Å²) in [6.07, 6.45) is 2.18. The number of hydrogen-bond donors (Lipinski definition) is 2. The van der Waals surface area contributed by atoms with E-state index in [1.807, 2.05) is 13.8 Å². The van der Waals surface area contributed by atoms with Gasteiger partial charge in [0.25, 0.3) is 0 Å². The Bertz CT molecular complexity index is 639. The van der Waals surface area contributed by atoms with E-state index in [0.29, 0.717) is 23.6 Å². The molecule has 2 atom stereocenters. The van der Waals surface area contributed by atoms with Crippen molar-refractivity contribution < 1.29 is 19.1 Å². The first kappa shape index (κ1) is 19.7. The molecular weight excluding hydrogens is 347 g/mol. The van der Waals surface area contributed by atoms with Crippen LogP contribution in [0.15, 0.2) is 18.2 Å². The summed E-state index contributed by atoms with van der Waals surface area (Å²) in [5, 5.41) is 12.6. The molecule has 2 unspecified atom stereocenters. The van der Waals surface area contributed by atoms with Crippen LogP contribution in [0.2, 0.25) is 5.02 Å². The van der Waals surface area contributed by atoms with Gasteiger partial charge in [-0.05, 0) is 37.3 Å². The molecule has 1 aliphatic rings. The Hall–Kier alpha value is -1.66. The van der Waals surface area contributed by atoms with Crippen molar-refractivity contribution in [2.24, 2.45) is 5.92 Å². The monoisotopic (exact) mass is 370 g/mol. The van der Waals surface area contributed by atoms with E-state index < -0.39 is 17.8 Å². The number of nitrogens with zero attached hydrogens (tertiary/aromatic N) is 1. The van der Waals surface area contributed by atoms with E-state index in [4.69, 9.17) is 16.7 Å². The summed E-state index contributed by atoms with van der Waals surface area (Å²) in [6.45, 7) is 4.02. The van der Waals surface area contributed by atoms with Crippen molar-refractivity contribution >= 4 is 23.5 Å². The zero-order chi connectivity index (χ0) is 18.6. The Kier molecular flexibility index (Phi) is 6.79. The van der Waals surface area contributed by atoms with Gasteiger partial charge < -0.3 is 10.0 Å². The molecule has 0 aliphatic carbocycles. The van der Waals surface area contributed by atoms with Gasteiger partial charge in [-0.3, -0.25) is 14.9 Å². The Morgan fingerprint density at radius 3 is 2.76 bits per heavy atom.